The molecule has 0 aliphatic carbocycles. The summed E-state index contributed by atoms with van der Waals surface area (Å²) >= 11 is 12.3. The molecule has 0 aliphatic heterocycles. The van der Waals surface area contributed by atoms with Gasteiger partial charge < -0.3 is 10.2 Å². The average Bonchev–Trinajstić information content (AvgIpc) is 2.63. The molecule has 1 unspecified atom stereocenters. The summed E-state index contributed by atoms with van der Waals surface area (Å²) in [7, 11) is 1.68. The molecule has 4 nitrogen and oxygen atoms in total. The van der Waals surface area contributed by atoms with Crippen LogP contribution in [0.2, 0.25) is 10.0 Å². The van der Waals surface area contributed by atoms with Crippen LogP contribution in [0, 0.1) is 5.92 Å². The minimum atomic E-state index is -0.750. The molecular weight excluding hydrogens is 383 g/mol. The van der Waals surface area contributed by atoms with Gasteiger partial charge >= 0.3 is 0 Å². The van der Waals surface area contributed by atoms with Gasteiger partial charge in [-0.2, -0.15) is 0 Å². The molecule has 1 atom stereocenters. The van der Waals surface area contributed by atoms with E-state index < -0.39 is 6.04 Å². The van der Waals surface area contributed by atoms with Gasteiger partial charge in [-0.3, -0.25) is 9.59 Å². The van der Waals surface area contributed by atoms with Crippen molar-refractivity contribution < 1.29 is 9.59 Å². The van der Waals surface area contributed by atoms with E-state index in [0.717, 1.165) is 11.1 Å². The van der Waals surface area contributed by atoms with Crippen molar-refractivity contribution in [2.24, 2.45) is 5.92 Å². The summed E-state index contributed by atoms with van der Waals surface area (Å²) < 4.78 is 0. The van der Waals surface area contributed by atoms with Crippen molar-refractivity contribution in [2.45, 2.75) is 32.9 Å². The van der Waals surface area contributed by atoms with Crippen molar-refractivity contribution in [3.05, 3.63) is 69.7 Å². The predicted octanol–water partition coefficient (Wildman–Crippen LogP) is 4.86. The molecule has 6 heteroatoms. The fourth-order valence-electron chi connectivity index (χ4n) is 2.75. The second-order valence-electron chi connectivity index (χ2n) is 6.92. The Balaban J connectivity index is 2.21. The molecular formula is C21H24Cl2N2O2. The van der Waals surface area contributed by atoms with E-state index in [9.17, 15) is 9.59 Å². The number of carbonyl (C=O) groups excluding carboxylic acids is 2. The molecule has 2 aromatic rings. The molecule has 0 spiro atoms. The van der Waals surface area contributed by atoms with Crippen molar-refractivity contribution in [1.29, 1.82) is 0 Å². The van der Waals surface area contributed by atoms with E-state index in [-0.39, 0.29) is 17.7 Å². The van der Waals surface area contributed by atoms with Gasteiger partial charge in [0.2, 0.25) is 11.8 Å². The fourth-order valence-corrected chi connectivity index (χ4v) is 3.13. The van der Waals surface area contributed by atoms with Gasteiger partial charge in [-0.05, 0) is 23.1 Å². The molecule has 1 N–H and O–H groups in total. The number of amides is 2. The second-order valence-corrected chi connectivity index (χ2v) is 7.70. The first-order valence-corrected chi connectivity index (χ1v) is 9.57. The van der Waals surface area contributed by atoms with E-state index in [1.165, 1.54) is 0 Å². The van der Waals surface area contributed by atoms with E-state index >= 15 is 0 Å². The highest BCUT2D eigenvalue weighted by Crippen LogP contribution is 2.27. The van der Waals surface area contributed by atoms with Crippen molar-refractivity contribution >= 4 is 35.0 Å². The van der Waals surface area contributed by atoms with Crippen LogP contribution in [0.25, 0.3) is 0 Å². The number of carbonyl (C=O) groups is 2. The molecule has 0 fully saturated rings. The summed E-state index contributed by atoms with van der Waals surface area (Å²) in [6.45, 7) is 4.22. The summed E-state index contributed by atoms with van der Waals surface area (Å²) in [6.07, 6.45) is 0.362. The molecule has 2 aromatic carbocycles. The van der Waals surface area contributed by atoms with Crippen LogP contribution >= 0.6 is 23.2 Å². The SMILES string of the molecule is CC(C)CC(=O)NC(C(=O)N(C)Cc1cccc(Cl)c1Cl)c1ccccc1. The zero-order chi connectivity index (χ0) is 20.0. The van der Waals surface area contributed by atoms with E-state index in [1.807, 2.05) is 50.2 Å². The number of halogens is 2. The van der Waals surface area contributed by atoms with Gasteiger partial charge in [0.05, 0.1) is 10.0 Å². The molecule has 0 radical (unpaired) electrons. The van der Waals surface area contributed by atoms with Crippen LogP contribution in [-0.4, -0.2) is 23.8 Å². The van der Waals surface area contributed by atoms with Crippen LogP contribution in [0.4, 0.5) is 0 Å². The smallest absolute Gasteiger partial charge is 0.249 e. The van der Waals surface area contributed by atoms with E-state index in [2.05, 4.69) is 5.32 Å². The number of benzene rings is 2. The molecule has 2 rings (SSSR count). The minimum Gasteiger partial charge on any atom is -0.341 e. The third kappa shape index (κ3) is 5.98. The van der Waals surface area contributed by atoms with Crippen molar-refractivity contribution in [1.82, 2.24) is 10.2 Å². The van der Waals surface area contributed by atoms with Crippen LogP contribution in [0.5, 0.6) is 0 Å². The van der Waals surface area contributed by atoms with Gasteiger partial charge in [0.15, 0.2) is 0 Å². The number of nitrogens with zero attached hydrogens (tertiary/aromatic N) is 1. The molecule has 27 heavy (non-hydrogen) atoms. The summed E-state index contributed by atoms with van der Waals surface area (Å²) in [5.74, 6) is -0.157. The van der Waals surface area contributed by atoms with E-state index in [1.54, 1.807) is 24.1 Å². The predicted molar refractivity (Wildman–Crippen MR) is 110 cm³/mol. The highest BCUT2D eigenvalue weighted by atomic mass is 35.5. The molecule has 144 valence electrons. The maximum absolute atomic E-state index is 13.1. The summed E-state index contributed by atoms with van der Waals surface area (Å²) in [4.78, 5) is 26.9. The first-order valence-electron chi connectivity index (χ1n) is 8.81. The Hall–Kier alpha value is -2.04. The first-order chi connectivity index (χ1) is 12.8. The normalized spacial score (nSPS) is 11.9. The topological polar surface area (TPSA) is 49.4 Å². The van der Waals surface area contributed by atoms with Crippen LogP contribution in [0.3, 0.4) is 0 Å². The molecule has 0 bridgehead atoms. The van der Waals surface area contributed by atoms with Crippen LogP contribution < -0.4 is 5.32 Å². The van der Waals surface area contributed by atoms with E-state index in [4.69, 9.17) is 23.2 Å². The number of nitrogens with one attached hydrogen (secondary N) is 1. The average molecular weight is 407 g/mol. The highest BCUT2D eigenvalue weighted by molar-refractivity contribution is 6.42. The zero-order valence-electron chi connectivity index (χ0n) is 15.7. The Kier molecular flexibility index (Phi) is 7.69. The second kappa shape index (κ2) is 9.77. The third-order valence-corrected chi connectivity index (χ3v) is 4.95. The quantitative estimate of drug-likeness (QED) is 0.713. The largest absolute Gasteiger partial charge is 0.341 e. The Bertz CT molecular complexity index is 794. The number of hydrogen-bond acceptors (Lipinski definition) is 2. The third-order valence-electron chi connectivity index (χ3n) is 4.09. The molecule has 0 heterocycles. The van der Waals surface area contributed by atoms with Gasteiger partial charge in [-0.15, -0.1) is 0 Å². The highest BCUT2D eigenvalue weighted by Gasteiger charge is 2.26. The molecule has 0 aromatic heterocycles. The van der Waals surface area contributed by atoms with Crippen LogP contribution in [0.1, 0.15) is 37.4 Å². The lowest BCUT2D eigenvalue weighted by atomic mass is 10.0. The Labute approximate surface area is 170 Å². The molecule has 0 saturated heterocycles. The van der Waals surface area contributed by atoms with Crippen molar-refractivity contribution in [2.75, 3.05) is 7.05 Å². The van der Waals surface area contributed by atoms with Gasteiger partial charge in [0.1, 0.15) is 6.04 Å². The van der Waals surface area contributed by atoms with Crippen LogP contribution in [-0.2, 0) is 16.1 Å². The fraction of sp³-hybridized carbons (Fsp3) is 0.333. The van der Waals surface area contributed by atoms with Crippen LogP contribution in [0.15, 0.2) is 48.5 Å². The minimum absolute atomic E-state index is 0.151. The number of likely N-dealkylation sites (N-methyl/N-ethyl adjacent to an activating group) is 1. The van der Waals surface area contributed by atoms with Crippen molar-refractivity contribution in [3.8, 4) is 0 Å². The Morgan fingerprint density at radius 3 is 2.33 bits per heavy atom. The summed E-state index contributed by atoms with van der Waals surface area (Å²) in [5, 5.41) is 3.74. The Morgan fingerprint density at radius 2 is 1.70 bits per heavy atom. The van der Waals surface area contributed by atoms with Gasteiger partial charge in [0, 0.05) is 20.0 Å². The lowest BCUT2D eigenvalue weighted by Crippen LogP contribution is -2.41. The molecule has 0 saturated carbocycles. The lowest BCUT2D eigenvalue weighted by Gasteiger charge is -2.26. The zero-order valence-corrected chi connectivity index (χ0v) is 17.2. The monoisotopic (exact) mass is 406 g/mol. The Morgan fingerprint density at radius 1 is 1.04 bits per heavy atom. The number of rotatable bonds is 7. The van der Waals surface area contributed by atoms with Gasteiger partial charge in [-0.25, -0.2) is 0 Å². The molecule has 0 aliphatic rings. The standard InChI is InChI=1S/C21H24Cl2N2O2/c1-14(2)12-18(26)24-20(15-8-5-4-6-9-15)21(27)25(3)13-16-10-7-11-17(22)19(16)23/h4-11,14,20H,12-13H2,1-3H3,(H,24,26). The lowest BCUT2D eigenvalue weighted by molar-refractivity contribution is -0.136. The number of hydrogen-bond donors (Lipinski definition) is 1. The van der Waals surface area contributed by atoms with Gasteiger partial charge in [0.25, 0.3) is 0 Å². The maximum atomic E-state index is 13.1. The maximum Gasteiger partial charge on any atom is 0.249 e. The summed E-state index contributed by atoms with van der Waals surface area (Å²) in [6, 6.07) is 13.8. The molecule has 2 amide bonds. The van der Waals surface area contributed by atoms with Gasteiger partial charge in [-0.1, -0.05) is 79.5 Å². The first kappa shape index (κ1) is 21.3. The van der Waals surface area contributed by atoms with E-state index in [0.29, 0.717) is 23.0 Å². The van der Waals surface area contributed by atoms with Crippen molar-refractivity contribution in [3.63, 3.8) is 0 Å². The summed E-state index contributed by atoms with van der Waals surface area (Å²) in [5.41, 5.74) is 1.49.